The molecule has 132 valence electrons. The number of benzene rings is 2. The van der Waals surface area contributed by atoms with E-state index in [4.69, 9.17) is 9.47 Å². The van der Waals surface area contributed by atoms with Crippen LogP contribution in [-0.2, 0) is 4.79 Å². The average Bonchev–Trinajstić information content (AvgIpc) is 2.58. The molecule has 0 aromatic heterocycles. The molecule has 6 nitrogen and oxygen atoms in total. The maximum atomic E-state index is 12.0. The zero-order valence-corrected chi connectivity index (χ0v) is 15.1. The number of nitro benzene ring substituents is 1. The molecule has 0 aliphatic carbocycles. The van der Waals surface area contributed by atoms with Crippen LogP contribution >= 0.6 is 11.8 Å². The fourth-order valence-electron chi connectivity index (χ4n) is 2.08. The van der Waals surface area contributed by atoms with Gasteiger partial charge < -0.3 is 9.47 Å². The zero-order chi connectivity index (χ0) is 18.4. The van der Waals surface area contributed by atoms with Gasteiger partial charge in [-0.05, 0) is 49.2 Å². The van der Waals surface area contributed by atoms with E-state index in [2.05, 4.69) is 6.07 Å². The summed E-state index contributed by atoms with van der Waals surface area (Å²) in [5, 5.41) is 11.1. The van der Waals surface area contributed by atoms with Crippen molar-refractivity contribution in [3.05, 3.63) is 57.6 Å². The Morgan fingerprint density at radius 1 is 1.16 bits per heavy atom. The molecule has 2 aromatic carbocycles. The molecule has 0 unspecified atom stereocenters. The van der Waals surface area contributed by atoms with Crippen LogP contribution in [0.4, 0.5) is 5.69 Å². The van der Waals surface area contributed by atoms with Crippen LogP contribution in [-0.4, -0.2) is 23.8 Å². The van der Waals surface area contributed by atoms with Crippen LogP contribution in [0.15, 0.2) is 41.3 Å². The van der Waals surface area contributed by atoms with Gasteiger partial charge in [-0.15, -0.1) is 11.8 Å². The summed E-state index contributed by atoms with van der Waals surface area (Å²) in [6.07, 6.45) is 0.154. The maximum absolute atomic E-state index is 12.0. The summed E-state index contributed by atoms with van der Waals surface area (Å²) < 4.78 is 10.1. The van der Waals surface area contributed by atoms with Crippen LogP contribution in [0.2, 0.25) is 0 Å². The lowest BCUT2D eigenvalue weighted by Gasteiger charge is -2.07. The minimum Gasteiger partial charge on any atom is -0.496 e. The topological polar surface area (TPSA) is 78.7 Å². The summed E-state index contributed by atoms with van der Waals surface area (Å²) >= 11 is 1.54. The predicted molar refractivity (Wildman–Crippen MR) is 96.5 cm³/mol. The fraction of sp³-hybridized carbons (Fsp3) is 0.278. The first-order valence-electron chi connectivity index (χ1n) is 7.64. The summed E-state index contributed by atoms with van der Waals surface area (Å²) in [5.74, 6) is 0.277. The second-order valence-corrected chi connectivity index (χ2v) is 6.58. The molecule has 0 heterocycles. The third-order valence-corrected chi connectivity index (χ3v) is 4.64. The second-order valence-electron chi connectivity index (χ2n) is 5.41. The first kappa shape index (κ1) is 18.8. The van der Waals surface area contributed by atoms with Crippen molar-refractivity contribution < 1.29 is 19.2 Å². The van der Waals surface area contributed by atoms with Gasteiger partial charge in [-0.2, -0.15) is 0 Å². The predicted octanol–water partition coefficient (Wildman–Crippen LogP) is 4.31. The number of nitro groups is 1. The van der Waals surface area contributed by atoms with E-state index >= 15 is 0 Å². The number of nitrogens with zero attached hydrogens (tertiary/aromatic N) is 1. The summed E-state index contributed by atoms with van der Waals surface area (Å²) in [6.45, 7) is 4.08. The van der Waals surface area contributed by atoms with Gasteiger partial charge in [0.25, 0.3) is 0 Å². The van der Waals surface area contributed by atoms with Gasteiger partial charge in [-0.25, -0.2) is 0 Å². The van der Waals surface area contributed by atoms with Gasteiger partial charge in [0.05, 0.1) is 24.5 Å². The smallest absolute Gasteiger partial charge is 0.315 e. The van der Waals surface area contributed by atoms with Crippen molar-refractivity contribution in [2.45, 2.75) is 25.2 Å². The van der Waals surface area contributed by atoms with E-state index < -0.39 is 10.9 Å². The number of carbonyl (C=O) groups is 1. The molecule has 0 bridgehead atoms. The van der Waals surface area contributed by atoms with Gasteiger partial charge in [0.1, 0.15) is 5.75 Å². The largest absolute Gasteiger partial charge is 0.496 e. The molecule has 0 radical (unpaired) electrons. The van der Waals surface area contributed by atoms with Gasteiger partial charge in [0, 0.05) is 10.6 Å². The number of methoxy groups -OCH3 is 1. The third-order valence-electron chi connectivity index (χ3n) is 3.64. The highest BCUT2D eigenvalue weighted by atomic mass is 32.2. The molecule has 0 saturated heterocycles. The van der Waals surface area contributed by atoms with E-state index in [1.54, 1.807) is 11.8 Å². The Hall–Kier alpha value is -2.54. The average molecular weight is 361 g/mol. The highest BCUT2D eigenvalue weighted by Crippen LogP contribution is 2.31. The Morgan fingerprint density at radius 2 is 1.92 bits per heavy atom. The first-order valence-corrected chi connectivity index (χ1v) is 8.62. The van der Waals surface area contributed by atoms with Crippen molar-refractivity contribution in [2.75, 3.05) is 12.9 Å². The van der Waals surface area contributed by atoms with Gasteiger partial charge in [0.15, 0.2) is 0 Å². The molecule has 0 atom stereocenters. The number of ether oxygens (including phenoxy) is 2. The van der Waals surface area contributed by atoms with Crippen LogP contribution in [0.25, 0.3) is 0 Å². The fourth-order valence-corrected chi connectivity index (χ4v) is 3.01. The number of hydrogen-bond donors (Lipinski definition) is 0. The molecule has 25 heavy (non-hydrogen) atoms. The monoisotopic (exact) mass is 361 g/mol. The first-order chi connectivity index (χ1) is 11.9. The van der Waals surface area contributed by atoms with Crippen LogP contribution in [0, 0.1) is 24.0 Å². The number of aryl methyl sites for hydroxylation is 2. The van der Waals surface area contributed by atoms with E-state index in [9.17, 15) is 14.9 Å². The van der Waals surface area contributed by atoms with Crippen LogP contribution < -0.4 is 9.47 Å². The van der Waals surface area contributed by atoms with Crippen molar-refractivity contribution in [2.24, 2.45) is 0 Å². The van der Waals surface area contributed by atoms with E-state index in [1.165, 1.54) is 36.4 Å². The quantitative estimate of drug-likeness (QED) is 0.240. The van der Waals surface area contributed by atoms with E-state index in [0.29, 0.717) is 11.5 Å². The Labute approximate surface area is 150 Å². The van der Waals surface area contributed by atoms with Crippen molar-refractivity contribution in [3.63, 3.8) is 0 Å². The summed E-state index contributed by atoms with van der Waals surface area (Å²) in [7, 11) is 1.41. The van der Waals surface area contributed by atoms with Crippen LogP contribution in [0.3, 0.4) is 0 Å². The highest BCUT2D eigenvalue weighted by molar-refractivity contribution is 7.99. The lowest BCUT2D eigenvalue weighted by Crippen LogP contribution is -2.10. The Kier molecular flexibility index (Phi) is 6.41. The van der Waals surface area contributed by atoms with Crippen molar-refractivity contribution in [3.8, 4) is 11.5 Å². The molecule has 2 aromatic rings. The van der Waals surface area contributed by atoms with Gasteiger partial charge in [-0.1, -0.05) is 6.07 Å². The molecule has 0 aliphatic heterocycles. The zero-order valence-electron chi connectivity index (χ0n) is 14.3. The van der Waals surface area contributed by atoms with Gasteiger partial charge in [-0.3, -0.25) is 14.9 Å². The van der Waals surface area contributed by atoms with E-state index in [1.807, 2.05) is 26.0 Å². The Bertz CT molecular complexity index is 791. The summed E-state index contributed by atoms with van der Waals surface area (Å²) in [6, 6.07) is 10.2. The standard InChI is InChI=1S/C18H19NO5S/c1-12-4-6-15(10-13(12)2)25-9-8-18(20)24-17-7-5-14(23-3)11-16(17)19(21)22/h4-7,10-11H,8-9H2,1-3H3. The Balaban J connectivity index is 1.94. The molecule has 7 heteroatoms. The van der Waals surface area contributed by atoms with E-state index in [-0.39, 0.29) is 17.9 Å². The SMILES string of the molecule is COc1ccc(OC(=O)CCSc2ccc(C)c(C)c2)c([N+](=O)[O-])c1. The lowest BCUT2D eigenvalue weighted by atomic mass is 10.1. The molecule has 0 amide bonds. The lowest BCUT2D eigenvalue weighted by molar-refractivity contribution is -0.385. The van der Waals surface area contributed by atoms with Crippen LogP contribution in [0.1, 0.15) is 17.5 Å². The second kappa shape index (κ2) is 8.53. The molecule has 0 N–H and O–H groups in total. The number of carbonyl (C=O) groups excluding carboxylic acids is 1. The number of esters is 1. The van der Waals surface area contributed by atoms with Crippen molar-refractivity contribution >= 4 is 23.4 Å². The third kappa shape index (κ3) is 5.22. The minimum absolute atomic E-state index is 0.0769. The molecule has 0 spiro atoms. The molecule has 0 saturated carbocycles. The maximum Gasteiger partial charge on any atom is 0.315 e. The Morgan fingerprint density at radius 3 is 2.56 bits per heavy atom. The molecule has 0 fully saturated rings. The highest BCUT2D eigenvalue weighted by Gasteiger charge is 2.19. The van der Waals surface area contributed by atoms with Crippen molar-refractivity contribution in [1.29, 1.82) is 0 Å². The van der Waals surface area contributed by atoms with Gasteiger partial charge in [0.2, 0.25) is 5.75 Å². The minimum atomic E-state index is -0.602. The molecule has 0 aliphatic rings. The summed E-state index contributed by atoms with van der Waals surface area (Å²) in [4.78, 5) is 23.5. The molecular weight excluding hydrogens is 342 g/mol. The number of thioether (sulfide) groups is 1. The van der Waals surface area contributed by atoms with E-state index in [0.717, 1.165) is 4.90 Å². The van der Waals surface area contributed by atoms with Crippen LogP contribution in [0.5, 0.6) is 11.5 Å². The summed E-state index contributed by atoms with van der Waals surface area (Å²) in [5.41, 5.74) is 2.12. The number of hydrogen-bond acceptors (Lipinski definition) is 6. The van der Waals surface area contributed by atoms with Gasteiger partial charge >= 0.3 is 11.7 Å². The number of rotatable bonds is 7. The normalized spacial score (nSPS) is 10.4. The molecule has 2 rings (SSSR count). The van der Waals surface area contributed by atoms with Crippen molar-refractivity contribution in [1.82, 2.24) is 0 Å². The molecular formula is C18H19NO5S.